The highest BCUT2D eigenvalue weighted by molar-refractivity contribution is 6.12. The fraction of sp³-hybridized carbons (Fsp3) is 0.688. The lowest BCUT2D eigenvalue weighted by molar-refractivity contribution is -0.138. The van der Waals surface area contributed by atoms with Crippen LogP contribution in [0.5, 0.6) is 0 Å². The highest BCUT2D eigenvalue weighted by atomic mass is 16.2. The monoisotopic (exact) mass is 292 g/mol. The molecule has 0 saturated heterocycles. The van der Waals surface area contributed by atoms with Crippen molar-refractivity contribution >= 4 is 17.7 Å². The number of nitrogens with one attached hydrogen (secondary N) is 1. The minimum absolute atomic E-state index is 0.0835. The molecule has 1 saturated carbocycles. The van der Waals surface area contributed by atoms with Crippen molar-refractivity contribution in [3.63, 3.8) is 0 Å². The smallest absolute Gasteiger partial charge is 0.253 e. The summed E-state index contributed by atoms with van der Waals surface area (Å²) < 4.78 is 0. The molecule has 0 spiro atoms. The van der Waals surface area contributed by atoms with Gasteiger partial charge in [-0.2, -0.15) is 0 Å². The van der Waals surface area contributed by atoms with E-state index >= 15 is 0 Å². The van der Waals surface area contributed by atoms with Gasteiger partial charge >= 0.3 is 0 Å². The lowest BCUT2D eigenvalue weighted by atomic mass is 9.88. The van der Waals surface area contributed by atoms with Gasteiger partial charge in [-0.1, -0.05) is 32.6 Å². The summed E-state index contributed by atoms with van der Waals surface area (Å²) in [5.74, 6) is -0.387. The van der Waals surface area contributed by atoms with Gasteiger partial charge in [0.15, 0.2) is 0 Å². The van der Waals surface area contributed by atoms with Crippen molar-refractivity contribution in [2.45, 2.75) is 57.9 Å². The Morgan fingerprint density at radius 3 is 2.43 bits per heavy atom. The SMILES string of the molecule is CCCC(CN1C(=O)C=CC1=O)NC(=O)C1CCCCC1. The molecule has 2 aliphatic rings. The van der Waals surface area contributed by atoms with E-state index in [9.17, 15) is 14.4 Å². The number of carbonyl (C=O) groups excluding carboxylic acids is 3. The maximum Gasteiger partial charge on any atom is 0.253 e. The number of hydrogen-bond donors (Lipinski definition) is 1. The molecular weight excluding hydrogens is 268 g/mol. The van der Waals surface area contributed by atoms with E-state index in [4.69, 9.17) is 0 Å². The van der Waals surface area contributed by atoms with Crippen molar-refractivity contribution < 1.29 is 14.4 Å². The van der Waals surface area contributed by atoms with Crippen LogP contribution in [-0.4, -0.2) is 35.2 Å². The Labute approximate surface area is 125 Å². The third-order valence-corrected chi connectivity index (χ3v) is 4.26. The third kappa shape index (κ3) is 4.16. The molecule has 1 aliphatic carbocycles. The van der Waals surface area contributed by atoms with Gasteiger partial charge in [0.1, 0.15) is 0 Å². The van der Waals surface area contributed by atoms with Crippen molar-refractivity contribution in [1.82, 2.24) is 10.2 Å². The quantitative estimate of drug-likeness (QED) is 0.759. The van der Waals surface area contributed by atoms with Gasteiger partial charge in [-0.3, -0.25) is 19.3 Å². The molecule has 0 aromatic rings. The summed E-state index contributed by atoms with van der Waals surface area (Å²) in [7, 11) is 0. The van der Waals surface area contributed by atoms with Crippen LogP contribution in [0.2, 0.25) is 0 Å². The molecule has 1 heterocycles. The molecule has 0 aromatic carbocycles. The Morgan fingerprint density at radius 1 is 1.24 bits per heavy atom. The fourth-order valence-corrected chi connectivity index (χ4v) is 3.07. The summed E-state index contributed by atoms with van der Waals surface area (Å²) in [6, 6.07) is -0.141. The largest absolute Gasteiger partial charge is 0.351 e. The van der Waals surface area contributed by atoms with E-state index in [1.807, 2.05) is 6.92 Å². The molecule has 1 fully saturated rings. The Kier molecular flexibility index (Phi) is 5.53. The van der Waals surface area contributed by atoms with Crippen molar-refractivity contribution in [3.05, 3.63) is 12.2 Å². The van der Waals surface area contributed by atoms with Gasteiger partial charge in [-0.15, -0.1) is 0 Å². The van der Waals surface area contributed by atoms with Gasteiger partial charge in [0.05, 0.1) is 0 Å². The van der Waals surface area contributed by atoms with Crippen LogP contribution in [0.15, 0.2) is 12.2 Å². The molecule has 0 bridgehead atoms. The molecule has 2 rings (SSSR count). The molecule has 5 heteroatoms. The average Bonchev–Trinajstić information content (AvgIpc) is 2.80. The van der Waals surface area contributed by atoms with Crippen LogP contribution in [0.3, 0.4) is 0 Å². The maximum atomic E-state index is 12.3. The minimum Gasteiger partial charge on any atom is -0.351 e. The van der Waals surface area contributed by atoms with Crippen LogP contribution in [0.4, 0.5) is 0 Å². The predicted octanol–water partition coefficient (Wildman–Crippen LogP) is 1.78. The number of imide groups is 1. The van der Waals surface area contributed by atoms with Crippen molar-refractivity contribution in [2.75, 3.05) is 6.54 Å². The van der Waals surface area contributed by atoms with Gasteiger partial charge in [0, 0.05) is 30.7 Å². The highest BCUT2D eigenvalue weighted by Gasteiger charge is 2.28. The first-order chi connectivity index (χ1) is 10.1. The van der Waals surface area contributed by atoms with E-state index in [0.29, 0.717) is 0 Å². The molecule has 1 aliphatic heterocycles. The van der Waals surface area contributed by atoms with Crippen molar-refractivity contribution in [2.24, 2.45) is 5.92 Å². The van der Waals surface area contributed by atoms with E-state index in [1.165, 1.54) is 23.5 Å². The highest BCUT2D eigenvalue weighted by Crippen LogP contribution is 2.24. The van der Waals surface area contributed by atoms with E-state index in [-0.39, 0.29) is 36.2 Å². The Bertz CT molecular complexity index is 421. The Morgan fingerprint density at radius 2 is 1.86 bits per heavy atom. The zero-order chi connectivity index (χ0) is 15.2. The van der Waals surface area contributed by atoms with Crippen molar-refractivity contribution in [1.29, 1.82) is 0 Å². The average molecular weight is 292 g/mol. The first kappa shape index (κ1) is 15.7. The van der Waals surface area contributed by atoms with Gasteiger partial charge < -0.3 is 5.32 Å². The maximum absolute atomic E-state index is 12.3. The van der Waals surface area contributed by atoms with E-state index in [0.717, 1.165) is 38.5 Å². The third-order valence-electron chi connectivity index (χ3n) is 4.26. The summed E-state index contributed by atoms with van der Waals surface area (Å²) in [5.41, 5.74) is 0. The number of rotatable bonds is 6. The summed E-state index contributed by atoms with van der Waals surface area (Å²) in [5, 5.41) is 3.04. The van der Waals surface area contributed by atoms with E-state index in [2.05, 4.69) is 5.32 Å². The summed E-state index contributed by atoms with van der Waals surface area (Å²) in [6.07, 6.45) is 9.59. The number of nitrogens with zero attached hydrogens (tertiary/aromatic N) is 1. The van der Waals surface area contributed by atoms with Gasteiger partial charge in [0.25, 0.3) is 11.8 Å². The minimum atomic E-state index is -0.284. The first-order valence-corrected chi connectivity index (χ1v) is 7.95. The first-order valence-electron chi connectivity index (χ1n) is 7.95. The van der Waals surface area contributed by atoms with Gasteiger partial charge in [0.2, 0.25) is 5.91 Å². The standard InChI is InChI=1S/C16H24N2O3/c1-2-6-13(11-18-14(19)9-10-15(18)20)17-16(21)12-7-4-3-5-8-12/h9-10,12-13H,2-8,11H2,1H3,(H,17,21). The lowest BCUT2D eigenvalue weighted by Gasteiger charge is -2.27. The van der Waals surface area contributed by atoms with Crippen LogP contribution in [-0.2, 0) is 14.4 Å². The van der Waals surface area contributed by atoms with Crippen molar-refractivity contribution in [3.8, 4) is 0 Å². The van der Waals surface area contributed by atoms with Crippen LogP contribution in [0.1, 0.15) is 51.9 Å². The normalized spacial score (nSPS) is 20.9. The Balaban J connectivity index is 1.90. The second-order valence-electron chi connectivity index (χ2n) is 5.95. The number of amides is 3. The summed E-state index contributed by atoms with van der Waals surface area (Å²) >= 11 is 0. The second kappa shape index (κ2) is 7.38. The number of carbonyl (C=O) groups is 3. The van der Waals surface area contributed by atoms with Crippen LogP contribution >= 0.6 is 0 Å². The molecule has 1 atom stereocenters. The predicted molar refractivity (Wildman–Crippen MR) is 79.3 cm³/mol. The molecule has 1 unspecified atom stereocenters. The van der Waals surface area contributed by atoms with E-state index in [1.54, 1.807) is 0 Å². The summed E-state index contributed by atoms with van der Waals surface area (Å²) in [4.78, 5) is 36.7. The molecular formula is C16H24N2O3. The topological polar surface area (TPSA) is 66.5 Å². The Hall–Kier alpha value is -1.65. The second-order valence-corrected chi connectivity index (χ2v) is 5.95. The van der Waals surface area contributed by atoms with Crippen LogP contribution in [0.25, 0.3) is 0 Å². The van der Waals surface area contributed by atoms with Crippen LogP contribution < -0.4 is 5.32 Å². The zero-order valence-corrected chi connectivity index (χ0v) is 12.6. The lowest BCUT2D eigenvalue weighted by Crippen LogP contribution is -2.47. The molecule has 116 valence electrons. The molecule has 5 nitrogen and oxygen atoms in total. The fourth-order valence-electron chi connectivity index (χ4n) is 3.07. The molecule has 0 radical (unpaired) electrons. The zero-order valence-electron chi connectivity index (χ0n) is 12.6. The number of hydrogen-bond acceptors (Lipinski definition) is 3. The molecule has 1 N–H and O–H groups in total. The summed E-state index contributed by atoms with van der Waals surface area (Å²) in [6.45, 7) is 2.31. The van der Waals surface area contributed by atoms with E-state index < -0.39 is 0 Å². The molecule has 3 amide bonds. The van der Waals surface area contributed by atoms with Crippen LogP contribution in [0, 0.1) is 5.92 Å². The van der Waals surface area contributed by atoms with Gasteiger partial charge in [-0.05, 0) is 19.3 Å². The molecule has 21 heavy (non-hydrogen) atoms. The van der Waals surface area contributed by atoms with Gasteiger partial charge in [-0.25, -0.2) is 0 Å². The molecule has 0 aromatic heterocycles.